The number of hydrogen-bond donors (Lipinski definition) is 2. The Morgan fingerprint density at radius 2 is 1.85 bits per heavy atom. The minimum atomic E-state index is -3.73. The van der Waals surface area contributed by atoms with Gasteiger partial charge >= 0.3 is 0 Å². The highest BCUT2D eigenvalue weighted by molar-refractivity contribution is 7.89. The number of ether oxygens (including phenoxy) is 1. The number of nitrogens with zero attached hydrogens (tertiary/aromatic N) is 3. The van der Waals surface area contributed by atoms with Gasteiger partial charge in [-0.3, -0.25) is 0 Å². The molecule has 5 rings (SSSR count). The number of nitrogens with two attached hydrogens (primary N) is 1. The second-order valence-corrected chi connectivity index (χ2v) is 10.1. The zero-order valence-corrected chi connectivity index (χ0v) is 19.1. The summed E-state index contributed by atoms with van der Waals surface area (Å²) in [6.07, 6.45) is 5.23. The van der Waals surface area contributed by atoms with Gasteiger partial charge in [0.2, 0.25) is 21.9 Å². The number of hydrogen-bond acceptors (Lipinski definition) is 7. The average molecular weight is 464 g/mol. The molecular weight excluding hydrogens is 438 g/mol. The summed E-state index contributed by atoms with van der Waals surface area (Å²) in [5.41, 5.74) is 2.89. The average Bonchev–Trinajstić information content (AvgIpc) is 3.72. The number of primary sulfonamides is 1. The van der Waals surface area contributed by atoms with Gasteiger partial charge < -0.3 is 10.1 Å². The Morgan fingerprint density at radius 3 is 2.48 bits per heavy atom. The molecule has 2 aliphatic carbocycles. The van der Waals surface area contributed by atoms with Crippen molar-refractivity contribution in [2.24, 2.45) is 11.1 Å². The van der Waals surface area contributed by atoms with Crippen LogP contribution in [0.1, 0.15) is 56.3 Å². The van der Waals surface area contributed by atoms with Crippen LogP contribution in [0.5, 0.6) is 5.88 Å². The van der Waals surface area contributed by atoms with Crippen molar-refractivity contribution >= 4 is 27.0 Å². The van der Waals surface area contributed by atoms with Crippen LogP contribution in [0.25, 0.3) is 11.0 Å². The van der Waals surface area contributed by atoms with Gasteiger partial charge in [-0.1, -0.05) is 25.0 Å². The van der Waals surface area contributed by atoms with Crippen LogP contribution >= 0.6 is 0 Å². The molecule has 0 spiro atoms. The molecule has 9 heteroatoms. The van der Waals surface area contributed by atoms with E-state index in [-0.39, 0.29) is 17.0 Å². The Bertz CT molecular complexity index is 1350. The van der Waals surface area contributed by atoms with E-state index in [1.807, 2.05) is 19.1 Å². The zero-order valence-electron chi connectivity index (χ0n) is 18.3. The lowest BCUT2D eigenvalue weighted by Gasteiger charge is -2.18. The molecule has 3 aromatic rings. The molecule has 170 valence electrons. The first-order valence-corrected chi connectivity index (χ1v) is 12.7. The minimum absolute atomic E-state index is 0.0786. The number of sulfonamides is 1. The summed E-state index contributed by atoms with van der Waals surface area (Å²) in [5, 5.41) is 8.56. The third-order valence-corrected chi connectivity index (χ3v) is 6.55. The van der Waals surface area contributed by atoms with Crippen molar-refractivity contribution in [1.29, 1.82) is 0 Å². The predicted octanol–water partition coefficient (Wildman–Crippen LogP) is 3.54. The van der Waals surface area contributed by atoms with Crippen LogP contribution in [-0.2, 0) is 10.0 Å². The summed E-state index contributed by atoms with van der Waals surface area (Å²) in [6.45, 7) is 2.03. The smallest absolute Gasteiger partial charge is 0.245 e. The Balaban J connectivity index is 1.45. The van der Waals surface area contributed by atoms with Gasteiger partial charge in [-0.15, -0.1) is 0 Å². The van der Waals surface area contributed by atoms with E-state index in [4.69, 9.17) is 9.88 Å². The van der Waals surface area contributed by atoms with Crippen LogP contribution < -0.4 is 15.2 Å². The molecule has 0 saturated heterocycles. The minimum Gasteiger partial charge on any atom is -0.473 e. The van der Waals surface area contributed by atoms with Crippen molar-refractivity contribution < 1.29 is 13.2 Å². The van der Waals surface area contributed by atoms with E-state index in [2.05, 4.69) is 32.1 Å². The molecule has 8 nitrogen and oxygen atoms in total. The number of pyridine rings is 1. The lowest BCUT2D eigenvalue weighted by molar-refractivity contribution is 0.294. The van der Waals surface area contributed by atoms with Gasteiger partial charge in [0.25, 0.3) is 0 Å². The van der Waals surface area contributed by atoms with E-state index in [9.17, 15) is 8.42 Å². The molecule has 0 radical (unpaired) electrons. The lowest BCUT2D eigenvalue weighted by Crippen LogP contribution is -2.15. The van der Waals surface area contributed by atoms with E-state index in [0.717, 1.165) is 37.7 Å². The fourth-order valence-corrected chi connectivity index (χ4v) is 3.93. The van der Waals surface area contributed by atoms with Gasteiger partial charge in [0.15, 0.2) is 5.52 Å². The molecule has 3 N–H and O–H groups in total. The van der Waals surface area contributed by atoms with Crippen LogP contribution in [0, 0.1) is 17.8 Å². The van der Waals surface area contributed by atoms with Crippen LogP contribution in [0.15, 0.2) is 41.3 Å². The van der Waals surface area contributed by atoms with Crippen molar-refractivity contribution in [3.05, 3.63) is 47.7 Å². The van der Waals surface area contributed by atoms with Crippen molar-refractivity contribution in [3.63, 3.8) is 0 Å². The summed E-state index contributed by atoms with van der Waals surface area (Å²) in [4.78, 5) is 14.0. The molecule has 2 aromatic heterocycles. The topological polar surface area (TPSA) is 120 Å². The fraction of sp³-hybridized carbons (Fsp3) is 0.375. The Kier molecular flexibility index (Phi) is 5.64. The number of fused-ring (bicyclic) bond motifs is 1. The fourth-order valence-electron chi connectivity index (χ4n) is 3.42. The first-order chi connectivity index (χ1) is 15.9. The molecule has 33 heavy (non-hydrogen) atoms. The monoisotopic (exact) mass is 463 g/mol. The highest BCUT2D eigenvalue weighted by atomic mass is 32.2. The number of anilines is 1. The van der Waals surface area contributed by atoms with Crippen molar-refractivity contribution in [2.45, 2.75) is 56.1 Å². The summed E-state index contributed by atoms with van der Waals surface area (Å²) in [5.74, 6) is 7.77. The highest BCUT2D eigenvalue weighted by Crippen LogP contribution is 2.32. The number of nitrogens with one attached hydrogen (secondary N) is 1. The van der Waals surface area contributed by atoms with E-state index in [0.29, 0.717) is 34.5 Å². The molecule has 0 amide bonds. The summed E-state index contributed by atoms with van der Waals surface area (Å²) in [6, 6.07) is 10.2. The largest absolute Gasteiger partial charge is 0.473 e. The maximum absolute atomic E-state index is 11.5. The van der Waals surface area contributed by atoms with E-state index < -0.39 is 10.0 Å². The molecule has 2 heterocycles. The first kappa shape index (κ1) is 21.6. The highest BCUT2D eigenvalue weighted by Gasteiger charge is 2.26. The molecular formula is C24H25N5O3S. The second-order valence-electron chi connectivity index (χ2n) is 8.50. The van der Waals surface area contributed by atoms with Gasteiger partial charge in [-0.25, -0.2) is 23.5 Å². The number of benzene rings is 1. The molecule has 1 aromatic carbocycles. The molecule has 2 fully saturated rings. The standard InChI is InChI=1S/C24H25N5O3S/c1-2-20(16-6-12-19(13-7-16)33(25,30)31)27-24-28-21-14-9-17(8-5-15-3-4-15)26-22(21)23(29-24)32-18-10-11-18/h6-7,9,12-15,18,20H,2-4,10-11H2,1H3,(H2,25,30,31)(H,27,28,29). The number of aromatic nitrogens is 3. The van der Waals surface area contributed by atoms with E-state index in [1.165, 1.54) is 12.1 Å². The molecule has 0 bridgehead atoms. The van der Waals surface area contributed by atoms with Crippen molar-refractivity contribution in [1.82, 2.24) is 15.0 Å². The quantitative estimate of drug-likeness (QED) is 0.514. The summed E-state index contributed by atoms with van der Waals surface area (Å²) >= 11 is 0. The van der Waals surface area contributed by atoms with Gasteiger partial charge in [-0.05, 0) is 67.9 Å². The van der Waals surface area contributed by atoms with Gasteiger partial charge in [0, 0.05) is 5.92 Å². The van der Waals surface area contributed by atoms with Gasteiger partial charge in [0.05, 0.1) is 16.5 Å². The maximum atomic E-state index is 11.5. The van der Waals surface area contributed by atoms with Crippen LogP contribution in [0.2, 0.25) is 0 Å². The lowest BCUT2D eigenvalue weighted by atomic mass is 10.1. The summed E-state index contributed by atoms with van der Waals surface area (Å²) in [7, 11) is -3.73. The van der Waals surface area contributed by atoms with E-state index in [1.54, 1.807) is 12.1 Å². The molecule has 1 unspecified atom stereocenters. The van der Waals surface area contributed by atoms with Crippen LogP contribution in [0.3, 0.4) is 0 Å². The van der Waals surface area contributed by atoms with Crippen LogP contribution in [-0.4, -0.2) is 29.5 Å². The molecule has 1 atom stereocenters. The predicted molar refractivity (Wildman–Crippen MR) is 125 cm³/mol. The maximum Gasteiger partial charge on any atom is 0.245 e. The molecule has 2 saturated carbocycles. The van der Waals surface area contributed by atoms with Gasteiger partial charge in [-0.2, -0.15) is 4.98 Å². The SMILES string of the molecule is CCC(Nc1nc(OC2CC2)c2nc(C#CC3CC3)ccc2n1)c1ccc(S(N)(=O)=O)cc1. The zero-order chi connectivity index (χ0) is 23.0. The number of rotatable bonds is 7. The third kappa shape index (κ3) is 5.24. The normalized spacial score (nSPS) is 16.7. The molecule has 0 aliphatic heterocycles. The second kappa shape index (κ2) is 8.61. The summed E-state index contributed by atoms with van der Waals surface area (Å²) < 4.78 is 29.2. The Labute approximate surface area is 193 Å². The Morgan fingerprint density at radius 1 is 1.09 bits per heavy atom. The van der Waals surface area contributed by atoms with Crippen LogP contribution in [0.4, 0.5) is 5.95 Å². The third-order valence-electron chi connectivity index (χ3n) is 5.62. The van der Waals surface area contributed by atoms with Gasteiger partial charge in [0.1, 0.15) is 11.8 Å². The Hall–Kier alpha value is -3.22. The molecule has 2 aliphatic rings. The van der Waals surface area contributed by atoms with Crippen molar-refractivity contribution in [2.75, 3.05) is 5.32 Å². The first-order valence-electron chi connectivity index (χ1n) is 11.2. The van der Waals surface area contributed by atoms with Crippen molar-refractivity contribution in [3.8, 4) is 17.7 Å². The van der Waals surface area contributed by atoms with E-state index >= 15 is 0 Å².